The summed E-state index contributed by atoms with van der Waals surface area (Å²) in [6.45, 7) is 6.86. The summed E-state index contributed by atoms with van der Waals surface area (Å²) in [4.78, 5) is 64.1. The fourth-order valence-electron chi connectivity index (χ4n) is 6.76. The number of para-hydroxylation sites is 1. The number of primary amides is 1. The van der Waals surface area contributed by atoms with E-state index in [2.05, 4.69) is 47.9 Å². The molecule has 0 fully saturated rings. The first-order chi connectivity index (χ1) is 29.2. The highest BCUT2D eigenvalue weighted by molar-refractivity contribution is 6.06. The maximum Gasteiger partial charge on any atom is 0.312 e. The lowest BCUT2D eigenvalue weighted by Crippen LogP contribution is -2.57. The summed E-state index contributed by atoms with van der Waals surface area (Å²) in [6.07, 6.45) is 2.53. The van der Waals surface area contributed by atoms with Gasteiger partial charge in [-0.1, -0.05) is 45.4 Å². The van der Waals surface area contributed by atoms with Crippen LogP contribution in [0.5, 0.6) is 0 Å². The number of fused-ring (bicyclic) bond motifs is 3. The van der Waals surface area contributed by atoms with Crippen molar-refractivity contribution < 1.29 is 42.6 Å². The highest BCUT2D eigenvalue weighted by atomic mass is 19.1. The van der Waals surface area contributed by atoms with Crippen LogP contribution in [-0.2, 0) is 32.1 Å². The van der Waals surface area contributed by atoms with E-state index >= 15 is 8.78 Å². The highest BCUT2D eigenvalue weighted by Crippen LogP contribution is 2.30. The fraction of sp³-hybridized carbons (Fsp3) is 0.512. The largest absolute Gasteiger partial charge is 0.382 e. The summed E-state index contributed by atoms with van der Waals surface area (Å²) in [7, 11) is 0. The Hall–Kier alpha value is -5.54. The van der Waals surface area contributed by atoms with Gasteiger partial charge in [-0.3, -0.25) is 19.7 Å². The van der Waals surface area contributed by atoms with E-state index in [-0.39, 0.29) is 63.7 Å². The Morgan fingerprint density at radius 2 is 1.67 bits per heavy atom. The van der Waals surface area contributed by atoms with Crippen molar-refractivity contribution in [2.45, 2.75) is 97.0 Å². The molecular weight excluding hydrogens is 797 g/mol. The van der Waals surface area contributed by atoms with E-state index in [0.717, 1.165) is 53.6 Å². The zero-order valence-electron chi connectivity index (χ0n) is 34.9. The number of unbranched alkanes of at least 4 members (excludes halogenated alkanes) is 2. The second-order valence-electron chi connectivity index (χ2n) is 14.9. The van der Waals surface area contributed by atoms with Crippen LogP contribution in [0.25, 0.3) is 21.9 Å². The number of nitrogens with zero attached hydrogens (tertiary/aromatic N) is 3. The molecule has 0 aliphatic carbocycles. The second kappa shape index (κ2) is 24.0. The minimum atomic E-state index is -1.49. The van der Waals surface area contributed by atoms with Crippen LogP contribution in [-0.4, -0.2) is 94.6 Å². The number of urea groups is 1. The summed E-state index contributed by atoms with van der Waals surface area (Å²) >= 11 is 0. The molecule has 18 nitrogen and oxygen atoms in total. The topological polar surface area (TPSA) is 276 Å². The number of carbonyl (C=O) groups is 4. The van der Waals surface area contributed by atoms with Crippen molar-refractivity contribution in [3.05, 3.63) is 59.4 Å². The van der Waals surface area contributed by atoms with Crippen molar-refractivity contribution in [2.24, 2.45) is 17.5 Å². The molecule has 0 saturated heterocycles. The lowest BCUT2D eigenvalue weighted by atomic mass is 10.0. The van der Waals surface area contributed by atoms with Crippen molar-refractivity contribution in [3.8, 4) is 0 Å². The Morgan fingerprint density at radius 1 is 0.951 bits per heavy atom. The molecule has 0 spiro atoms. The van der Waals surface area contributed by atoms with Gasteiger partial charge in [0.05, 0.1) is 42.9 Å². The number of nitrogen functional groups attached to an aromatic ring is 1. The Morgan fingerprint density at radius 3 is 2.36 bits per heavy atom. The minimum Gasteiger partial charge on any atom is -0.382 e. The number of nitrogens with two attached hydrogens (primary N) is 3. The van der Waals surface area contributed by atoms with Gasteiger partial charge in [0.2, 0.25) is 11.8 Å². The number of aromatic nitrogens is 3. The number of carbonyl (C=O) groups excluding carboxylic acids is 4. The number of hydrogen-bond donors (Lipinski definition) is 9. The summed E-state index contributed by atoms with van der Waals surface area (Å²) in [6, 6.07) is 6.43. The number of anilines is 2. The average molecular weight is 856 g/mol. The molecule has 2 aromatic heterocycles. The van der Waals surface area contributed by atoms with Crippen LogP contribution < -0.4 is 43.9 Å². The summed E-state index contributed by atoms with van der Waals surface area (Å²) < 4.78 is 38.3. The number of pyridine rings is 1. The van der Waals surface area contributed by atoms with Crippen LogP contribution in [0.2, 0.25) is 0 Å². The standard InChI is InChI=1S/C41H59F2N11O7/c1-4-5-14-31-51-35-36(26-11-6-7-12-29(26)49-37(35)44)54(31)18-9-8-16-47-38(56)25-22-27(42)34(28(43)23-25)53-39(57)30(13-10-17-48-41(45)59)50-40(58)33(24(2)3)52-32(55)15-19-60-20-21-61-46/h6-7,11-12,22-24,30,33,40,50,58H,4-5,8-10,13-21,46H2,1-3H3,(H2,44,49)(H,47,56)(H,52,55)(H,53,57)(H3,45,48,59)/t30-,33-,40?/m0/s1. The van der Waals surface area contributed by atoms with Crippen molar-refractivity contribution in [2.75, 3.05) is 44.0 Å². The van der Waals surface area contributed by atoms with E-state index in [1.54, 1.807) is 13.8 Å². The smallest absolute Gasteiger partial charge is 0.312 e. The van der Waals surface area contributed by atoms with E-state index in [0.29, 0.717) is 30.7 Å². The molecule has 1 unspecified atom stereocenters. The fourth-order valence-corrected chi connectivity index (χ4v) is 6.76. The Kier molecular flexibility index (Phi) is 19.0. The molecule has 5 amide bonds. The van der Waals surface area contributed by atoms with Crippen molar-refractivity contribution >= 4 is 57.2 Å². The average Bonchev–Trinajstić information content (AvgIpc) is 3.59. The van der Waals surface area contributed by atoms with Gasteiger partial charge in [0.15, 0.2) is 17.5 Å². The molecule has 4 rings (SSSR count). The van der Waals surface area contributed by atoms with Gasteiger partial charge in [-0.15, -0.1) is 0 Å². The monoisotopic (exact) mass is 855 g/mol. The number of aliphatic hydroxyl groups excluding tert-OH is 1. The van der Waals surface area contributed by atoms with Crippen molar-refractivity contribution in [1.29, 1.82) is 0 Å². The zero-order chi connectivity index (χ0) is 44.5. The molecule has 0 bridgehead atoms. The van der Waals surface area contributed by atoms with Crippen LogP contribution in [0.3, 0.4) is 0 Å². The zero-order valence-corrected chi connectivity index (χ0v) is 34.9. The number of halogens is 2. The molecule has 334 valence electrons. The van der Waals surface area contributed by atoms with Crippen molar-refractivity contribution in [3.63, 3.8) is 0 Å². The Bertz CT molecular complexity index is 2080. The number of rotatable bonds is 26. The number of imidazole rings is 1. The molecule has 2 heterocycles. The number of aryl methyl sites for hydroxylation is 2. The summed E-state index contributed by atoms with van der Waals surface area (Å²) in [5.74, 6) is 1.42. The third-order valence-corrected chi connectivity index (χ3v) is 9.95. The Balaban J connectivity index is 1.38. The van der Waals surface area contributed by atoms with Gasteiger partial charge >= 0.3 is 6.03 Å². The van der Waals surface area contributed by atoms with Gasteiger partial charge < -0.3 is 52.0 Å². The first-order valence-corrected chi connectivity index (χ1v) is 20.5. The molecule has 0 radical (unpaired) electrons. The minimum absolute atomic E-state index is 0.0261. The second-order valence-corrected chi connectivity index (χ2v) is 14.9. The molecular formula is C41H59F2N11O7. The third kappa shape index (κ3) is 14.0. The van der Waals surface area contributed by atoms with Crippen molar-refractivity contribution in [1.82, 2.24) is 35.8 Å². The van der Waals surface area contributed by atoms with Crippen LogP contribution in [0, 0.1) is 17.6 Å². The van der Waals surface area contributed by atoms with Gasteiger partial charge in [0.25, 0.3) is 5.91 Å². The van der Waals surface area contributed by atoms with E-state index in [4.69, 9.17) is 27.1 Å². The molecule has 0 aliphatic rings. The van der Waals surface area contributed by atoms with E-state index in [9.17, 15) is 24.3 Å². The first kappa shape index (κ1) is 48.1. The number of ether oxygens (including phenoxy) is 1. The predicted molar refractivity (Wildman–Crippen MR) is 227 cm³/mol. The molecule has 12 N–H and O–H groups in total. The van der Waals surface area contributed by atoms with E-state index in [1.807, 2.05) is 24.3 Å². The maximum absolute atomic E-state index is 15.4. The molecule has 3 atom stereocenters. The SMILES string of the molecule is CCCCc1nc2c(N)nc3ccccc3c2n1CCCCNC(=O)c1cc(F)c(NC(=O)[C@H](CCCNC(N)=O)NC(O)[C@@H](NC(=O)CCOCCON)C(C)C)c(F)c1. The molecule has 2 aromatic carbocycles. The van der Waals surface area contributed by atoms with Crippen LogP contribution in [0.15, 0.2) is 36.4 Å². The molecule has 0 saturated carbocycles. The maximum atomic E-state index is 15.4. The predicted octanol–water partition coefficient (Wildman–Crippen LogP) is 3.10. The Labute approximate surface area is 353 Å². The summed E-state index contributed by atoms with van der Waals surface area (Å²) in [5, 5.41) is 24.8. The van der Waals surface area contributed by atoms with Crippen LogP contribution in [0.4, 0.5) is 25.1 Å². The van der Waals surface area contributed by atoms with Gasteiger partial charge in [-0.25, -0.2) is 29.4 Å². The number of nitrogens with one attached hydrogen (secondary N) is 5. The lowest BCUT2D eigenvalue weighted by molar-refractivity contribution is -0.125. The number of benzene rings is 2. The van der Waals surface area contributed by atoms with Crippen LogP contribution in [0.1, 0.15) is 81.9 Å². The van der Waals surface area contributed by atoms with Gasteiger partial charge in [-0.05, 0) is 56.2 Å². The van der Waals surface area contributed by atoms with Gasteiger partial charge in [0, 0.05) is 43.4 Å². The molecule has 4 aromatic rings. The van der Waals surface area contributed by atoms with Gasteiger partial charge in [0.1, 0.15) is 23.3 Å². The number of hydrogen-bond acceptors (Lipinski definition) is 12. The van der Waals surface area contributed by atoms with E-state index in [1.165, 1.54) is 0 Å². The lowest BCUT2D eigenvalue weighted by Gasteiger charge is -2.31. The third-order valence-electron chi connectivity index (χ3n) is 9.95. The first-order valence-electron chi connectivity index (χ1n) is 20.5. The highest BCUT2D eigenvalue weighted by Gasteiger charge is 2.30. The molecule has 0 aliphatic heterocycles. The quantitative estimate of drug-likeness (QED) is 0.0251. The van der Waals surface area contributed by atoms with Gasteiger partial charge in [-0.2, -0.15) is 0 Å². The summed E-state index contributed by atoms with van der Waals surface area (Å²) in [5.41, 5.74) is 12.7. The molecule has 61 heavy (non-hydrogen) atoms. The van der Waals surface area contributed by atoms with E-state index < -0.39 is 59.4 Å². The van der Waals surface area contributed by atoms with Crippen LogP contribution >= 0.6 is 0 Å². The normalized spacial score (nSPS) is 13.0. The number of aliphatic hydroxyl groups is 1. The molecule has 20 heteroatoms. The number of amides is 5.